The largest absolute Gasteiger partial charge is 0.456 e. The molecule has 0 saturated heterocycles. The van der Waals surface area contributed by atoms with Gasteiger partial charge in [-0.1, -0.05) is 17.7 Å². The smallest absolute Gasteiger partial charge is 0.224 e. The highest BCUT2D eigenvalue weighted by atomic mass is 35.5. The van der Waals surface area contributed by atoms with E-state index in [1.54, 1.807) is 67.0 Å². The Bertz CT molecular complexity index is 992. The molecule has 3 rings (SSSR count). The minimum Gasteiger partial charge on any atom is -0.456 e. The maximum absolute atomic E-state index is 12.1. The van der Waals surface area contributed by atoms with E-state index in [4.69, 9.17) is 22.1 Å². The molecule has 7 heteroatoms. The molecular weight excluding hydrogens is 390 g/mol. The molecule has 0 atom stereocenters. The Kier molecular flexibility index (Phi) is 6.81. The van der Waals surface area contributed by atoms with Gasteiger partial charge in [-0.05, 0) is 54.1 Å². The third kappa shape index (κ3) is 6.33. The summed E-state index contributed by atoms with van der Waals surface area (Å²) < 4.78 is 5.65. The van der Waals surface area contributed by atoms with Crippen LogP contribution in [-0.4, -0.2) is 16.7 Å². The summed E-state index contributed by atoms with van der Waals surface area (Å²) >= 11 is 5.85. The monoisotopic (exact) mass is 409 g/mol. The first-order valence-corrected chi connectivity index (χ1v) is 9.41. The van der Waals surface area contributed by atoms with Gasteiger partial charge in [0.1, 0.15) is 17.3 Å². The second-order valence-electron chi connectivity index (χ2n) is 6.42. The molecule has 0 aliphatic heterocycles. The predicted octanol–water partition coefficient (Wildman–Crippen LogP) is 4.64. The standard InChI is InChI=1S/C22H20ClN3O3/c23-16-4-3-15(21(24)13-16)12-18(27)7-10-22(28)26-17-5-8-19(9-6-17)29-20-2-1-11-25-14-20/h1-6,8-9,11,13-14H,7,10,12,24H2,(H,26,28). The number of nitrogens with two attached hydrogens (primary N) is 1. The topological polar surface area (TPSA) is 94.3 Å². The van der Waals surface area contributed by atoms with Crippen LogP contribution in [0.15, 0.2) is 67.0 Å². The predicted molar refractivity (Wildman–Crippen MR) is 113 cm³/mol. The number of halogens is 1. The van der Waals surface area contributed by atoms with Crippen LogP contribution in [0.2, 0.25) is 5.02 Å². The van der Waals surface area contributed by atoms with E-state index in [9.17, 15) is 9.59 Å². The van der Waals surface area contributed by atoms with Crippen molar-refractivity contribution in [3.05, 3.63) is 77.6 Å². The van der Waals surface area contributed by atoms with Crippen LogP contribution in [0.4, 0.5) is 11.4 Å². The normalized spacial score (nSPS) is 10.4. The zero-order valence-corrected chi connectivity index (χ0v) is 16.4. The van der Waals surface area contributed by atoms with Gasteiger partial charge in [-0.15, -0.1) is 0 Å². The van der Waals surface area contributed by atoms with Crippen molar-refractivity contribution in [3.63, 3.8) is 0 Å². The number of carbonyl (C=O) groups is 2. The summed E-state index contributed by atoms with van der Waals surface area (Å²) in [5.41, 5.74) is 7.67. The average molecular weight is 410 g/mol. The molecule has 0 spiro atoms. The van der Waals surface area contributed by atoms with E-state index in [0.717, 1.165) is 0 Å². The van der Waals surface area contributed by atoms with Crippen LogP contribution in [0.5, 0.6) is 11.5 Å². The molecule has 2 aromatic carbocycles. The number of nitrogen functional groups attached to an aromatic ring is 1. The SMILES string of the molecule is Nc1cc(Cl)ccc1CC(=O)CCC(=O)Nc1ccc(Oc2cccnc2)cc1. The lowest BCUT2D eigenvalue weighted by atomic mass is 10.0. The number of Topliss-reactive ketones (excluding diaryl/α,β-unsaturated/α-hetero) is 1. The first kappa shape index (κ1) is 20.4. The molecule has 6 nitrogen and oxygen atoms in total. The van der Waals surface area contributed by atoms with E-state index in [1.165, 1.54) is 0 Å². The second kappa shape index (κ2) is 9.71. The van der Waals surface area contributed by atoms with E-state index in [-0.39, 0.29) is 31.0 Å². The third-order valence-corrected chi connectivity index (χ3v) is 4.37. The molecule has 0 radical (unpaired) electrons. The number of pyridine rings is 1. The van der Waals surface area contributed by atoms with E-state index in [0.29, 0.717) is 33.5 Å². The fraction of sp³-hybridized carbons (Fsp3) is 0.136. The number of hydrogen-bond acceptors (Lipinski definition) is 5. The molecule has 148 valence electrons. The lowest BCUT2D eigenvalue weighted by Crippen LogP contribution is -2.14. The minimum atomic E-state index is -0.233. The Labute approximate surface area is 173 Å². The van der Waals surface area contributed by atoms with Gasteiger partial charge < -0.3 is 15.8 Å². The fourth-order valence-electron chi connectivity index (χ4n) is 2.65. The molecular formula is C22H20ClN3O3. The van der Waals surface area contributed by atoms with Gasteiger partial charge in [-0.3, -0.25) is 14.6 Å². The zero-order valence-electron chi connectivity index (χ0n) is 15.6. The van der Waals surface area contributed by atoms with Gasteiger partial charge in [0.25, 0.3) is 0 Å². The van der Waals surface area contributed by atoms with E-state index < -0.39 is 0 Å². The number of amides is 1. The summed E-state index contributed by atoms with van der Waals surface area (Å²) in [4.78, 5) is 28.2. The highest BCUT2D eigenvalue weighted by Gasteiger charge is 2.10. The van der Waals surface area contributed by atoms with Crippen LogP contribution in [0.1, 0.15) is 18.4 Å². The summed E-state index contributed by atoms with van der Waals surface area (Å²) in [5, 5.41) is 3.29. The number of nitrogens with one attached hydrogen (secondary N) is 1. The molecule has 1 amide bonds. The number of ketones is 1. The number of carbonyl (C=O) groups excluding carboxylic acids is 2. The van der Waals surface area contributed by atoms with Crippen molar-refractivity contribution in [3.8, 4) is 11.5 Å². The quantitative estimate of drug-likeness (QED) is 0.528. The van der Waals surface area contributed by atoms with Crippen LogP contribution in [0, 0.1) is 0 Å². The molecule has 0 fully saturated rings. The van der Waals surface area contributed by atoms with Crippen LogP contribution < -0.4 is 15.8 Å². The van der Waals surface area contributed by atoms with Crippen LogP contribution in [0.3, 0.4) is 0 Å². The molecule has 0 aliphatic rings. The summed E-state index contributed by atoms with van der Waals surface area (Å²) in [7, 11) is 0. The summed E-state index contributed by atoms with van der Waals surface area (Å²) in [5.74, 6) is 0.966. The van der Waals surface area contributed by atoms with Crippen molar-refractivity contribution in [1.29, 1.82) is 0 Å². The number of ether oxygens (including phenoxy) is 1. The maximum Gasteiger partial charge on any atom is 0.224 e. The molecule has 29 heavy (non-hydrogen) atoms. The Hall–Kier alpha value is -3.38. The first-order chi connectivity index (χ1) is 14.0. The van der Waals surface area contributed by atoms with Crippen molar-refractivity contribution in [2.24, 2.45) is 0 Å². The lowest BCUT2D eigenvalue weighted by Gasteiger charge is -2.08. The molecule has 0 aliphatic carbocycles. The number of benzene rings is 2. The van der Waals surface area contributed by atoms with E-state index in [1.807, 2.05) is 0 Å². The first-order valence-electron chi connectivity index (χ1n) is 9.03. The van der Waals surface area contributed by atoms with Gasteiger partial charge in [0.05, 0.1) is 6.20 Å². The summed E-state index contributed by atoms with van der Waals surface area (Å²) in [6.07, 6.45) is 3.69. The summed E-state index contributed by atoms with van der Waals surface area (Å²) in [6, 6.07) is 15.6. The van der Waals surface area contributed by atoms with E-state index in [2.05, 4.69) is 10.3 Å². The maximum atomic E-state index is 12.1. The van der Waals surface area contributed by atoms with Crippen LogP contribution in [0.25, 0.3) is 0 Å². The number of aromatic nitrogens is 1. The fourth-order valence-corrected chi connectivity index (χ4v) is 2.83. The Morgan fingerprint density at radius 2 is 1.83 bits per heavy atom. The van der Waals surface area contributed by atoms with Crippen molar-refractivity contribution in [2.45, 2.75) is 19.3 Å². The molecule has 0 bridgehead atoms. The van der Waals surface area contributed by atoms with Crippen molar-refractivity contribution < 1.29 is 14.3 Å². The van der Waals surface area contributed by atoms with Crippen molar-refractivity contribution in [1.82, 2.24) is 4.98 Å². The molecule has 3 aromatic rings. The van der Waals surface area contributed by atoms with Gasteiger partial charge in [0.15, 0.2) is 0 Å². The zero-order chi connectivity index (χ0) is 20.6. The molecule has 1 heterocycles. The third-order valence-electron chi connectivity index (χ3n) is 4.13. The van der Waals surface area contributed by atoms with Crippen LogP contribution >= 0.6 is 11.6 Å². The second-order valence-corrected chi connectivity index (χ2v) is 6.86. The molecule has 0 saturated carbocycles. The number of nitrogens with zero attached hydrogens (tertiary/aromatic N) is 1. The average Bonchev–Trinajstić information content (AvgIpc) is 2.71. The van der Waals surface area contributed by atoms with Crippen LogP contribution in [-0.2, 0) is 16.0 Å². The highest BCUT2D eigenvalue weighted by Crippen LogP contribution is 2.22. The lowest BCUT2D eigenvalue weighted by molar-refractivity contribution is -0.122. The van der Waals surface area contributed by atoms with Gasteiger partial charge in [0, 0.05) is 41.9 Å². The van der Waals surface area contributed by atoms with Gasteiger partial charge in [-0.2, -0.15) is 0 Å². The highest BCUT2D eigenvalue weighted by molar-refractivity contribution is 6.30. The number of hydrogen-bond donors (Lipinski definition) is 2. The molecule has 0 unspecified atom stereocenters. The van der Waals surface area contributed by atoms with Gasteiger partial charge in [-0.25, -0.2) is 0 Å². The molecule has 3 N–H and O–H groups in total. The van der Waals surface area contributed by atoms with Crippen molar-refractivity contribution in [2.75, 3.05) is 11.1 Å². The van der Waals surface area contributed by atoms with Gasteiger partial charge in [0.2, 0.25) is 5.91 Å². The Balaban J connectivity index is 1.46. The van der Waals surface area contributed by atoms with Crippen molar-refractivity contribution >= 4 is 34.7 Å². The summed E-state index contributed by atoms with van der Waals surface area (Å²) in [6.45, 7) is 0. The Morgan fingerprint density at radius 1 is 1.03 bits per heavy atom. The number of rotatable bonds is 8. The molecule has 1 aromatic heterocycles. The number of anilines is 2. The van der Waals surface area contributed by atoms with Gasteiger partial charge >= 0.3 is 0 Å². The minimum absolute atomic E-state index is 0.0607. The Morgan fingerprint density at radius 3 is 2.52 bits per heavy atom. The van der Waals surface area contributed by atoms with E-state index >= 15 is 0 Å².